The molecule has 2 aliphatic rings. The van der Waals surface area contributed by atoms with Crippen molar-refractivity contribution in [1.29, 1.82) is 0 Å². The molecule has 0 radical (unpaired) electrons. The number of aromatic nitrogens is 1. The lowest BCUT2D eigenvalue weighted by Gasteiger charge is -2.26. The molecule has 4 rings (SSSR count). The van der Waals surface area contributed by atoms with Crippen LogP contribution in [0.2, 0.25) is 5.02 Å². The lowest BCUT2D eigenvalue weighted by molar-refractivity contribution is 0.0695. The van der Waals surface area contributed by atoms with Crippen LogP contribution in [-0.2, 0) is 0 Å². The number of benzene rings is 1. The van der Waals surface area contributed by atoms with Gasteiger partial charge in [-0.2, -0.15) is 0 Å². The van der Waals surface area contributed by atoms with E-state index in [0.29, 0.717) is 12.1 Å². The Balaban J connectivity index is 2.00. The smallest absolute Gasteiger partial charge is 0.341 e. The highest BCUT2D eigenvalue weighted by Crippen LogP contribution is 2.41. The Morgan fingerprint density at radius 2 is 2.07 bits per heavy atom. The molecule has 8 heteroatoms. The SMILES string of the molecule is N[C@@H]1CCCCNC1c1c(F)cc2c(=O)c(C(=O)O)cn(C3CC3)c2c1Cl. The molecule has 1 saturated carbocycles. The molecule has 1 unspecified atom stereocenters. The molecule has 1 aromatic carbocycles. The van der Waals surface area contributed by atoms with Crippen molar-refractivity contribution >= 4 is 28.5 Å². The minimum absolute atomic E-state index is 0.00440. The molecule has 6 nitrogen and oxygen atoms in total. The molecular weight excluding hydrogens is 373 g/mol. The Kier molecular flexibility index (Phi) is 4.70. The molecule has 1 aliphatic carbocycles. The minimum atomic E-state index is -1.33. The number of aromatic carboxylic acids is 1. The number of pyridine rings is 1. The van der Waals surface area contributed by atoms with E-state index >= 15 is 4.39 Å². The zero-order chi connectivity index (χ0) is 19.3. The van der Waals surface area contributed by atoms with E-state index in [1.165, 1.54) is 6.20 Å². The predicted octanol–water partition coefficient (Wildman–Crippen LogP) is 2.97. The van der Waals surface area contributed by atoms with Crippen molar-refractivity contribution in [2.45, 2.75) is 50.2 Å². The van der Waals surface area contributed by atoms with Crippen LogP contribution < -0.4 is 16.5 Å². The molecule has 2 heterocycles. The highest BCUT2D eigenvalue weighted by molar-refractivity contribution is 6.36. The third-order valence-electron chi connectivity index (χ3n) is 5.48. The van der Waals surface area contributed by atoms with Gasteiger partial charge in [0, 0.05) is 23.8 Å². The van der Waals surface area contributed by atoms with Gasteiger partial charge in [0.25, 0.3) is 0 Å². The van der Waals surface area contributed by atoms with Gasteiger partial charge in [0.1, 0.15) is 11.4 Å². The molecule has 0 amide bonds. The fourth-order valence-electron chi connectivity index (χ4n) is 3.93. The Hall–Kier alpha value is -1.96. The van der Waals surface area contributed by atoms with E-state index in [1.807, 2.05) is 0 Å². The third-order valence-corrected chi connectivity index (χ3v) is 5.86. The van der Waals surface area contributed by atoms with E-state index in [2.05, 4.69) is 5.32 Å². The minimum Gasteiger partial charge on any atom is -0.477 e. The van der Waals surface area contributed by atoms with E-state index in [0.717, 1.165) is 38.2 Å². The molecule has 4 N–H and O–H groups in total. The first-order valence-electron chi connectivity index (χ1n) is 9.19. The summed E-state index contributed by atoms with van der Waals surface area (Å²) in [5, 5.41) is 12.8. The van der Waals surface area contributed by atoms with Crippen LogP contribution in [0.1, 0.15) is 60.1 Å². The van der Waals surface area contributed by atoms with E-state index in [1.54, 1.807) is 4.57 Å². The van der Waals surface area contributed by atoms with Crippen LogP contribution in [0.15, 0.2) is 17.1 Å². The second-order valence-corrected chi connectivity index (χ2v) is 7.77. The van der Waals surface area contributed by atoms with Crippen molar-refractivity contribution in [1.82, 2.24) is 9.88 Å². The quantitative estimate of drug-likeness (QED) is 0.744. The Morgan fingerprint density at radius 3 is 2.74 bits per heavy atom. The molecule has 0 spiro atoms. The van der Waals surface area contributed by atoms with Crippen LogP contribution >= 0.6 is 11.6 Å². The maximum Gasteiger partial charge on any atom is 0.341 e. The second kappa shape index (κ2) is 6.89. The van der Waals surface area contributed by atoms with Gasteiger partial charge < -0.3 is 20.7 Å². The van der Waals surface area contributed by atoms with Gasteiger partial charge in [0.05, 0.1) is 22.0 Å². The summed E-state index contributed by atoms with van der Waals surface area (Å²) >= 11 is 6.64. The zero-order valence-electron chi connectivity index (χ0n) is 14.7. The maximum atomic E-state index is 15.1. The maximum absolute atomic E-state index is 15.1. The van der Waals surface area contributed by atoms with Crippen LogP contribution in [0.25, 0.3) is 10.9 Å². The summed E-state index contributed by atoms with van der Waals surface area (Å²) in [6.07, 6.45) is 5.71. The molecule has 2 atom stereocenters. The average Bonchev–Trinajstić information content (AvgIpc) is 3.45. The summed E-state index contributed by atoms with van der Waals surface area (Å²) in [5.41, 5.74) is 5.82. The first-order valence-corrected chi connectivity index (χ1v) is 9.57. The van der Waals surface area contributed by atoms with Gasteiger partial charge in [-0.15, -0.1) is 0 Å². The summed E-state index contributed by atoms with van der Waals surface area (Å²) < 4.78 is 16.8. The second-order valence-electron chi connectivity index (χ2n) is 7.39. The van der Waals surface area contributed by atoms with Gasteiger partial charge in [-0.05, 0) is 38.3 Å². The standard InChI is InChI=1S/C19H21ClFN3O3/c20-15-14(16-13(22)3-1-2-6-23-16)12(21)7-10-17(15)24(9-4-5-9)8-11(18(10)25)19(26)27/h7-9,13,16,23H,1-6,22H2,(H,26,27)/t13-,16?/m1/s1. The molecular formula is C19H21ClFN3O3. The van der Waals surface area contributed by atoms with Crippen molar-refractivity contribution < 1.29 is 14.3 Å². The van der Waals surface area contributed by atoms with Crippen LogP contribution in [-0.4, -0.2) is 28.2 Å². The van der Waals surface area contributed by atoms with E-state index in [4.69, 9.17) is 17.3 Å². The van der Waals surface area contributed by atoms with Crippen molar-refractivity contribution in [2.75, 3.05) is 6.54 Å². The van der Waals surface area contributed by atoms with Gasteiger partial charge in [-0.25, -0.2) is 9.18 Å². The van der Waals surface area contributed by atoms with E-state index < -0.39 is 23.3 Å². The number of carbonyl (C=O) groups is 1. The highest BCUT2D eigenvalue weighted by Gasteiger charge is 2.32. The summed E-state index contributed by atoms with van der Waals surface area (Å²) in [5.74, 6) is -1.96. The lowest BCUT2D eigenvalue weighted by atomic mass is 9.95. The van der Waals surface area contributed by atoms with Gasteiger partial charge in [0.2, 0.25) is 5.43 Å². The summed E-state index contributed by atoms with van der Waals surface area (Å²) in [6, 6.07) is 0.434. The number of rotatable bonds is 3. The van der Waals surface area contributed by atoms with Crippen molar-refractivity contribution in [3.8, 4) is 0 Å². The number of hydrogen-bond acceptors (Lipinski definition) is 4. The summed E-state index contributed by atoms with van der Waals surface area (Å²) in [6.45, 7) is 0.708. The van der Waals surface area contributed by atoms with Crippen LogP contribution in [0, 0.1) is 5.82 Å². The van der Waals surface area contributed by atoms with Crippen molar-refractivity contribution in [3.05, 3.63) is 44.5 Å². The van der Waals surface area contributed by atoms with E-state index in [9.17, 15) is 14.7 Å². The third kappa shape index (κ3) is 3.13. The number of nitrogens with two attached hydrogens (primary N) is 1. The van der Waals surface area contributed by atoms with Crippen LogP contribution in [0.3, 0.4) is 0 Å². The molecule has 0 bridgehead atoms. The number of nitrogens with one attached hydrogen (secondary N) is 1. The zero-order valence-corrected chi connectivity index (χ0v) is 15.4. The number of fused-ring (bicyclic) bond motifs is 1. The van der Waals surface area contributed by atoms with Gasteiger partial charge in [-0.3, -0.25) is 4.79 Å². The topological polar surface area (TPSA) is 97.3 Å². The molecule has 1 aliphatic heterocycles. The van der Waals surface area contributed by atoms with Crippen molar-refractivity contribution in [2.24, 2.45) is 5.73 Å². The average molecular weight is 394 g/mol. The fraction of sp³-hybridized carbons (Fsp3) is 0.474. The van der Waals surface area contributed by atoms with Crippen molar-refractivity contribution in [3.63, 3.8) is 0 Å². The van der Waals surface area contributed by atoms with Crippen LogP contribution in [0.4, 0.5) is 4.39 Å². The normalized spacial score (nSPS) is 23.4. The monoisotopic (exact) mass is 393 g/mol. The Bertz CT molecular complexity index is 987. The summed E-state index contributed by atoms with van der Waals surface area (Å²) in [7, 11) is 0. The highest BCUT2D eigenvalue weighted by atomic mass is 35.5. The number of nitrogens with zero attached hydrogens (tertiary/aromatic N) is 1. The first-order chi connectivity index (χ1) is 12.9. The number of hydrogen-bond donors (Lipinski definition) is 3. The van der Waals surface area contributed by atoms with E-state index in [-0.39, 0.29) is 33.6 Å². The molecule has 1 aromatic heterocycles. The number of halogens is 2. The molecule has 144 valence electrons. The first kappa shape index (κ1) is 18.4. The Morgan fingerprint density at radius 1 is 1.33 bits per heavy atom. The Labute approximate surface area is 160 Å². The lowest BCUT2D eigenvalue weighted by Crippen LogP contribution is -2.37. The molecule has 27 heavy (non-hydrogen) atoms. The molecule has 2 fully saturated rings. The predicted molar refractivity (Wildman–Crippen MR) is 101 cm³/mol. The number of carboxylic acids is 1. The van der Waals surface area contributed by atoms with Crippen LogP contribution in [0.5, 0.6) is 0 Å². The van der Waals surface area contributed by atoms with Gasteiger partial charge in [0.15, 0.2) is 0 Å². The molecule has 1 saturated heterocycles. The summed E-state index contributed by atoms with van der Waals surface area (Å²) in [4.78, 5) is 24.1. The number of carboxylic acid groups (broad SMARTS) is 1. The fourth-order valence-corrected chi connectivity index (χ4v) is 4.34. The molecule has 2 aromatic rings. The largest absolute Gasteiger partial charge is 0.477 e. The van der Waals surface area contributed by atoms with Gasteiger partial charge in [-0.1, -0.05) is 18.0 Å². The van der Waals surface area contributed by atoms with Gasteiger partial charge >= 0.3 is 5.97 Å².